The Labute approximate surface area is 696 Å². The van der Waals surface area contributed by atoms with E-state index in [-0.39, 0.29) is 11.2 Å². The van der Waals surface area contributed by atoms with E-state index in [9.17, 15) is 4.79 Å². The van der Waals surface area contributed by atoms with Gasteiger partial charge in [-0.05, 0) is 190 Å². The maximum absolute atomic E-state index is 12.0. The van der Waals surface area contributed by atoms with Crippen molar-refractivity contribution in [1.82, 2.24) is 0 Å². The molecule has 3 aliphatic rings. The number of carbonyl (C=O) groups is 1. The first kappa shape index (κ1) is 73.7. The number of nitrogens with one attached hydrogen (secondary N) is 1. The molecule has 21 rings (SSSR count). The van der Waals surface area contributed by atoms with Crippen LogP contribution in [-0.2, 0) is 10.8 Å². The first-order valence-corrected chi connectivity index (χ1v) is 40.9. The summed E-state index contributed by atoms with van der Waals surface area (Å²) in [5.41, 5.74) is 33.8. The Kier molecular flexibility index (Phi) is 21.0. The number of hydrogen-bond donors (Lipinski definition) is 1. The zero-order chi connectivity index (χ0) is 78.2. The van der Waals surface area contributed by atoms with E-state index < -0.39 is 5.41 Å². The van der Waals surface area contributed by atoms with Gasteiger partial charge >= 0.3 is 0 Å². The van der Waals surface area contributed by atoms with Crippen LogP contribution in [0.25, 0.3) is 77.9 Å². The van der Waals surface area contributed by atoms with Crippen molar-refractivity contribution in [2.75, 3.05) is 10.2 Å². The highest BCUT2D eigenvalue weighted by Crippen LogP contribution is 2.59. The van der Waals surface area contributed by atoms with Crippen molar-refractivity contribution in [1.29, 1.82) is 0 Å². The molecule has 18 aromatic carbocycles. The second kappa shape index (κ2) is 33.1. The maximum Gasteiger partial charge on any atom is 0.194 e. The minimum Gasteiger partial charge on any atom is -0.355 e. The molecule has 0 saturated carbocycles. The lowest BCUT2D eigenvalue weighted by atomic mass is 9.68. The summed E-state index contributed by atoms with van der Waals surface area (Å²) >= 11 is 7.09. The number of rotatable bonds is 13. The lowest BCUT2D eigenvalue weighted by Crippen LogP contribution is -2.28. The summed E-state index contributed by atoms with van der Waals surface area (Å²) in [5.74, 6) is 0.133. The number of para-hydroxylation sites is 2. The molecule has 116 heavy (non-hydrogen) atoms. The Morgan fingerprint density at radius 1 is 0.216 bits per heavy atom. The second-order valence-electron chi connectivity index (χ2n) is 29.2. The molecule has 0 aliphatic heterocycles. The number of halogens is 2. The third kappa shape index (κ3) is 14.1. The molecule has 1 N–H and O–H groups in total. The molecular formula is C111H78Br2N2O. The first-order valence-electron chi connectivity index (χ1n) is 39.3. The van der Waals surface area contributed by atoms with Crippen LogP contribution in [0.2, 0.25) is 0 Å². The molecular weight excluding hydrogens is 1540 g/mol. The molecule has 3 aliphatic carbocycles. The van der Waals surface area contributed by atoms with Gasteiger partial charge in [-0.2, -0.15) is 0 Å². The van der Waals surface area contributed by atoms with E-state index in [0.717, 1.165) is 59.6 Å². The van der Waals surface area contributed by atoms with Crippen LogP contribution in [0, 0.1) is 0 Å². The van der Waals surface area contributed by atoms with E-state index in [4.69, 9.17) is 0 Å². The molecule has 0 saturated heterocycles. The van der Waals surface area contributed by atoms with Gasteiger partial charge in [-0.1, -0.05) is 420 Å². The predicted molar refractivity (Wildman–Crippen MR) is 491 cm³/mol. The molecule has 552 valence electrons. The minimum absolute atomic E-state index is 0.133. The van der Waals surface area contributed by atoms with Crippen LogP contribution in [0.3, 0.4) is 0 Å². The molecule has 0 fully saturated rings. The fourth-order valence-corrected chi connectivity index (χ4v) is 18.1. The SMILES string of the molecule is Brc1ccc2c(c1)-c1ccccc1C2(c1ccccc1)c1ccccc1.O=C1c2ccccc2-c2cc(Br)ccc21.c1ccc(-c2ccc(N(c3ccc4c(c3)-c3ccccc3C4(c3ccccc3)c3ccccc3)c3ccccc3-c3ccccc3)cc2)cc1.c1ccc(-c2ccc(Nc3ccccc3-c3ccccc3)cc2)cc1. The molecule has 0 atom stereocenters. The fourth-order valence-electron chi connectivity index (χ4n) is 17.4. The van der Waals surface area contributed by atoms with Crippen molar-refractivity contribution in [2.45, 2.75) is 10.8 Å². The maximum atomic E-state index is 12.0. The number of nitrogens with zero attached hydrogens (tertiary/aromatic N) is 1. The highest BCUT2D eigenvalue weighted by molar-refractivity contribution is 9.10. The first-order chi connectivity index (χ1) is 57.3. The van der Waals surface area contributed by atoms with E-state index in [1.807, 2.05) is 54.6 Å². The Balaban J connectivity index is 0.000000118. The lowest BCUT2D eigenvalue weighted by Gasteiger charge is -2.34. The smallest absolute Gasteiger partial charge is 0.194 e. The number of fused-ring (bicyclic) bond motifs is 9. The number of anilines is 5. The van der Waals surface area contributed by atoms with E-state index in [0.29, 0.717) is 0 Å². The van der Waals surface area contributed by atoms with Crippen molar-refractivity contribution >= 4 is 66.1 Å². The van der Waals surface area contributed by atoms with Crippen molar-refractivity contribution in [3.8, 4) is 77.9 Å². The Morgan fingerprint density at radius 2 is 0.534 bits per heavy atom. The predicted octanol–water partition coefficient (Wildman–Crippen LogP) is 30.1. The van der Waals surface area contributed by atoms with Crippen LogP contribution in [0.1, 0.15) is 60.4 Å². The van der Waals surface area contributed by atoms with E-state index in [1.165, 1.54) is 111 Å². The van der Waals surface area contributed by atoms with Crippen molar-refractivity contribution < 1.29 is 4.79 Å². The van der Waals surface area contributed by atoms with Gasteiger partial charge in [0.15, 0.2) is 5.78 Å². The Morgan fingerprint density at radius 3 is 1.03 bits per heavy atom. The highest BCUT2D eigenvalue weighted by Gasteiger charge is 2.48. The molecule has 0 heterocycles. The number of ketones is 1. The molecule has 3 nitrogen and oxygen atoms in total. The van der Waals surface area contributed by atoms with Gasteiger partial charge in [-0.15, -0.1) is 0 Å². The zero-order valence-electron chi connectivity index (χ0n) is 63.6. The second-order valence-corrected chi connectivity index (χ2v) is 31.0. The molecule has 0 radical (unpaired) electrons. The van der Waals surface area contributed by atoms with Gasteiger partial charge in [-0.3, -0.25) is 4.79 Å². The van der Waals surface area contributed by atoms with Crippen LogP contribution >= 0.6 is 31.9 Å². The monoisotopic (exact) mass is 1610 g/mol. The highest BCUT2D eigenvalue weighted by atomic mass is 79.9. The van der Waals surface area contributed by atoms with Gasteiger partial charge in [0.1, 0.15) is 0 Å². The van der Waals surface area contributed by atoms with Crippen LogP contribution in [0.15, 0.2) is 476 Å². The summed E-state index contributed by atoms with van der Waals surface area (Å²) in [6, 6.07) is 166. The molecule has 0 bridgehead atoms. The summed E-state index contributed by atoms with van der Waals surface area (Å²) in [7, 11) is 0. The van der Waals surface area contributed by atoms with Crippen molar-refractivity contribution in [2.24, 2.45) is 0 Å². The number of benzene rings is 18. The van der Waals surface area contributed by atoms with Gasteiger partial charge in [0.25, 0.3) is 0 Å². The van der Waals surface area contributed by atoms with Crippen LogP contribution in [-0.4, -0.2) is 5.78 Å². The molecule has 5 heteroatoms. The molecule has 18 aromatic rings. The lowest BCUT2D eigenvalue weighted by molar-refractivity contribution is 0.104. The largest absolute Gasteiger partial charge is 0.355 e. The third-order valence-corrected chi connectivity index (χ3v) is 23.5. The minimum atomic E-state index is -0.433. The van der Waals surface area contributed by atoms with E-state index in [2.05, 4.69) is 455 Å². The van der Waals surface area contributed by atoms with Gasteiger partial charge in [0, 0.05) is 53.9 Å². The summed E-state index contributed by atoms with van der Waals surface area (Å²) in [5, 5.41) is 3.55. The zero-order valence-corrected chi connectivity index (χ0v) is 66.7. The third-order valence-electron chi connectivity index (χ3n) is 22.6. The molecule has 0 aromatic heterocycles. The van der Waals surface area contributed by atoms with E-state index >= 15 is 0 Å². The van der Waals surface area contributed by atoms with Gasteiger partial charge < -0.3 is 10.2 Å². The van der Waals surface area contributed by atoms with E-state index in [1.54, 1.807) is 0 Å². The molecule has 0 unspecified atom stereocenters. The topological polar surface area (TPSA) is 32.3 Å². The number of carbonyl (C=O) groups excluding carboxylic acids is 1. The Bertz CT molecular complexity index is 6410. The summed E-state index contributed by atoms with van der Waals surface area (Å²) < 4.78 is 2.12. The van der Waals surface area contributed by atoms with Gasteiger partial charge in [-0.25, -0.2) is 0 Å². The number of hydrogen-bond acceptors (Lipinski definition) is 3. The van der Waals surface area contributed by atoms with Gasteiger partial charge in [0.05, 0.1) is 16.5 Å². The normalized spacial score (nSPS) is 12.4. The van der Waals surface area contributed by atoms with Crippen LogP contribution in [0.5, 0.6) is 0 Å². The average molecular weight is 1620 g/mol. The summed E-state index contributed by atoms with van der Waals surface area (Å²) in [4.78, 5) is 14.4. The summed E-state index contributed by atoms with van der Waals surface area (Å²) in [6.07, 6.45) is 0. The van der Waals surface area contributed by atoms with Crippen LogP contribution in [0.4, 0.5) is 28.4 Å². The van der Waals surface area contributed by atoms with Crippen LogP contribution < -0.4 is 10.2 Å². The van der Waals surface area contributed by atoms with Gasteiger partial charge in [0.2, 0.25) is 0 Å². The van der Waals surface area contributed by atoms with Crippen molar-refractivity contribution in [3.63, 3.8) is 0 Å². The Hall–Kier alpha value is -13.8. The standard InChI is InChI=1S/C49H35N.C25H17Br.C24H19N.C13H7BrO/c1-5-17-36(18-6-1)37-29-31-41(32-30-37)50(48-28-16-14-25-43(48)38-19-7-2-8-20-38)42-33-34-47-45(35-42)44-26-13-15-27-46(44)49(47,39-21-9-3-10-22-39)40-23-11-4-12-24-40;26-20-15-16-24-22(17-20)21-13-7-8-14-23(21)25(24,18-9-3-1-4-10-18)19-11-5-2-6-12-19;1-3-9-19(10-4-1)20-15-17-22(18-16-20)25-24-14-8-7-13-23(24)21-11-5-2-6-12-21;14-8-5-6-11-12(7-8)9-3-1-2-4-10(9)13(11)15/h1-35H;1-17H;1-18,25H;1-7H. The molecule has 0 spiro atoms. The van der Waals surface area contributed by atoms with Crippen molar-refractivity contribution in [3.05, 3.63) is 532 Å². The fraction of sp³-hybridized carbons (Fsp3) is 0.0180. The molecule has 0 amide bonds. The quantitative estimate of drug-likeness (QED) is 0.125. The summed E-state index contributed by atoms with van der Waals surface area (Å²) in [6.45, 7) is 0. The average Bonchev–Trinajstić information content (AvgIpc) is 1.54.